The van der Waals surface area contributed by atoms with E-state index in [0.29, 0.717) is 17.8 Å². The van der Waals surface area contributed by atoms with Crippen molar-refractivity contribution >= 4 is 17.3 Å². The Kier molecular flexibility index (Phi) is 6.00. The van der Waals surface area contributed by atoms with Crippen LogP contribution in [0.2, 0.25) is 0 Å². The van der Waals surface area contributed by atoms with Crippen molar-refractivity contribution in [3.63, 3.8) is 0 Å². The largest absolute Gasteiger partial charge is 0.436 e. The summed E-state index contributed by atoms with van der Waals surface area (Å²) in [6, 6.07) is 6.32. The molecule has 0 atom stereocenters. The van der Waals surface area contributed by atoms with Crippen molar-refractivity contribution in [3.05, 3.63) is 53.5 Å². The van der Waals surface area contributed by atoms with E-state index in [0.717, 1.165) is 0 Å². The Morgan fingerprint density at radius 1 is 1.13 bits per heavy atom. The summed E-state index contributed by atoms with van der Waals surface area (Å²) in [6.45, 7) is 1.60. The van der Waals surface area contributed by atoms with Gasteiger partial charge in [-0.15, -0.1) is 0 Å². The van der Waals surface area contributed by atoms with E-state index in [9.17, 15) is 31.9 Å². The number of carbonyl (C=O) groups is 3. The van der Waals surface area contributed by atoms with Gasteiger partial charge in [0, 0.05) is 25.5 Å². The number of pyridine rings is 1. The molecule has 2 aromatic rings. The molecule has 0 radical (unpaired) electrons. The summed E-state index contributed by atoms with van der Waals surface area (Å²) < 4.78 is 56.8. The molecule has 1 fully saturated rings. The van der Waals surface area contributed by atoms with Crippen molar-refractivity contribution in [3.8, 4) is 11.6 Å². The van der Waals surface area contributed by atoms with Gasteiger partial charge in [0.25, 0.3) is 5.88 Å². The van der Waals surface area contributed by atoms with Crippen LogP contribution in [0.15, 0.2) is 36.5 Å². The Morgan fingerprint density at radius 2 is 1.73 bits per heavy atom. The Balaban J connectivity index is 1.71. The predicted molar refractivity (Wildman–Crippen MR) is 96.5 cm³/mol. The monoisotopic (exact) mass is 423 g/mol. The van der Waals surface area contributed by atoms with Crippen LogP contribution in [0.25, 0.3) is 0 Å². The molecular formula is C21H17F4NO4. The summed E-state index contributed by atoms with van der Waals surface area (Å²) in [7, 11) is 0. The van der Waals surface area contributed by atoms with Crippen LogP contribution in [0.3, 0.4) is 0 Å². The average Bonchev–Trinajstić information content (AvgIpc) is 2.68. The van der Waals surface area contributed by atoms with Crippen LogP contribution in [0.5, 0.6) is 11.6 Å². The van der Waals surface area contributed by atoms with E-state index in [-0.39, 0.29) is 36.7 Å². The van der Waals surface area contributed by atoms with Gasteiger partial charge in [-0.3, -0.25) is 14.4 Å². The maximum absolute atomic E-state index is 13.9. The van der Waals surface area contributed by atoms with Crippen LogP contribution in [-0.2, 0) is 20.6 Å². The molecule has 1 saturated carbocycles. The van der Waals surface area contributed by atoms with Gasteiger partial charge in [-0.05, 0) is 29.7 Å². The van der Waals surface area contributed by atoms with E-state index < -0.39 is 40.9 Å². The third-order valence-electron chi connectivity index (χ3n) is 4.91. The van der Waals surface area contributed by atoms with Gasteiger partial charge in [0.1, 0.15) is 11.7 Å². The fourth-order valence-corrected chi connectivity index (χ4v) is 3.35. The third kappa shape index (κ3) is 4.55. The van der Waals surface area contributed by atoms with E-state index >= 15 is 0 Å². The standard InChI is InChI=1S/C21H17F4NO4/c1-2-16(27)19-17(28)7-12(8-18(19)29)11-3-5-14(6-4-11)30-20-15(22)9-13(10-26-20)21(23,24)25/h3-6,9-10,12,19H,2,7-8H2,1H3. The van der Waals surface area contributed by atoms with Gasteiger partial charge in [-0.2, -0.15) is 13.2 Å². The molecule has 1 aromatic carbocycles. The Morgan fingerprint density at radius 3 is 2.23 bits per heavy atom. The first-order valence-corrected chi connectivity index (χ1v) is 9.18. The number of ketones is 3. The summed E-state index contributed by atoms with van der Waals surface area (Å²) in [5, 5.41) is 0. The lowest BCUT2D eigenvalue weighted by atomic mass is 9.75. The Bertz CT molecular complexity index is 967. The molecule has 0 bridgehead atoms. The molecule has 0 unspecified atom stereocenters. The topological polar surface area (TPSA) is 73.3 Å². The predicted octanol–water partition coefficient (Wildman–Crippen LogP) is 4.64. The fourth-order valence-electron chi connectivity index (χ4n) is 3.35. The van der Waals surface area contributed by atoms with Crippen molar-refractivity contribution < 1.29 is 36.7 Å². The zero-order valence-electron chi connectivity index (χ0n) is 15.8. The quantitative estimate of drug-likeness (QED) is 0.517. The van der Waals surface area contributed by atoms with Crippen LogP contribution in [0.1, 0.15) is 43.2 Å². The molecule has 0 amide bonds. The molecule has 1 heterocycles. The number of benzene rings is 1. The first-order chi connectivity index (χ1) is 14.1. The van der Waals surface area contributed by atoms with Gasteiger partial charge in [0.05, 0.1) is 5.56 Å². The second-order valence-corrected chi connectivity index (χ2v) is 6.97. The van der Waals surface area contributed by atoms with Crippen LogP contribution < -0.4 is 4.74 Å². The molecule has 9 heteroatoms. The smallest absolute Gasteiger partial charge is 0.417 e. The lowest BCUT2D eigenvalue weighted by Crippen LogP contribution is -2.37. The van der Waals surface area contributed by atoms with Crippen LogP contribution >= 0.6 is 0 Å². The summed E-state index contributed by atoms with van der Waals surface area (Å²) >= 11 is 0. The number of ether oxygens (including phenoxy) is 1. The first-order valence-electron chi connectivity index (χ1n) is 9.18. The van der Waals surface area contributed by atoms with Crippen molar-refractivity contribution in [1.82, 2.24) is 4.98 Å². The van der Waals surface area contributed by atoms with E-state index in [4.69, 9.17) is 4.74 Å². The number of carbonyl (C=O) groups excluding carboxylic acids is 3. The lowest BCUT2D eigenvalue weighted by Gasteiger charge is -2.25. The number of Topliss-reactive ketones (excluding diaryl/α,β-unsaturated/α-hetero) is 3. The number of hydrogen-bond acceptors (Lipinski definition) is 5. The first kappa shape index (κ1) is 21.6. The molecule has 1 aromatic heterocycles. The lowest BCUT2D eigenvalue weighted by molar-refractivity contribution is -0.142. The summed E-state index contributed by atoms with van der Waals surface area (Å²) in [5.74, 6) is -4.50. The highest BCUT2D eigenvalue weighted by Gasteiger charge is 2.39. The summed E-state index contributed by atoms with van der Waals surface area (Å²) in [4.78, 5) is 39.6. The molecule has 1 aliphatic carbocycles. The van der Waals surface area contributed by atoms with Gasteiger partial charge < -0.3 is 4.74 Å². The fraction of sp³-hybridized carbons (Fsp3) is 0.333. The molecule has 3 rings (SSSR count). The number of aromatic nitrogens is 1. The molecule has 1 aliphatic rings. The van der Waals surface area contributed by atoms with E-state index in [1.165, 1.54) is 12.1 Å². The van der Waals surface area contributed by atoms with Crippen LogP contribution in [0, 0.1) is 11.7 Å². The second-order valence-electron chi connectivity index (χ2n) is 6.97. The molecule has 0 aliphatic heterocycles. The van der Waals surface area contributed by atoms with E-state index in [1.807, 2.05) is 0 Å². The highest BCUT2D eigenvalue weighted by atomic mass is 19.4. The highest BCUT2D eigenvalue weighted by Crippen LogP contribution is 2.35. The SMILES string of the molecule is CCC(=O)C1C(=O)CC(c2ccc(Oc3ncc(C(F)(F)F)cc3F)cc2)CC1=O. The maximum atomic E-state index is 13.9. The van der Waals surface area contributed by atoms with Crippen LogP contribution in [0.4, 0.5) is 17.6 Å². The minimum atomic E-state index is -4.72. The Labute approximate surface area is 169 Å². The summed E-state index contributed by atoms with van der Waals surface area (Å²) in [6.07, 6.45) is -4.02. The number of alkyl halides is 3. The van der Waals surface area contributed by atoms with Crippen molar-refractivity contribution in [1.29, 1.82) is 0 Å². The minimum Gasteiger partial charge on any atom is -0.436 e. The van der Waals surface area contributed by atoms with E-state index in [2.05, 4.69) is 4.98 Å². The molecule has 0 N–H and O–H groups in total. The molecule has 0 spiro atoms. The van der Waals surface area contributed by atoms with Crippen molar-refractivity contribution in [2.45, 2.75) is 38.3 Å². The maximum Gasteiger partial charge on any atom is 0.417 e. The molecular weight excluding hydrogens is 406 g/mol. The third-order valence-corrected chi connectivity index (χ3v) is 4.91. The van der Waals surface area contributed by atoms with Gasteiger partial charge in [0.2, 0.25) is 0 Å². The zero-order chi connectivity index (χ0) is 22.1. The number of halogens is 4. The number of rotatable bonds is 5. The number of hydrogen-bond donors (Lipinski definition) is 0. The number of nitrogens with zero attached hydrogens (tertiary/aromatic N) is 1. The minimum absolute atomic E-state index is 0.0530. The highest BCUT2D eigenvalue weighted by molar-refractivity contribution is 6.20. The summed E-state index contributed by atoms with van der Waals surface area (Å²) in [5.41, 5.74) is -0.568. The van der Waals surface area contributed by atoms with Crippen LogP contribution in [-0.4, -0.2) is 22.3 Å². The van der Waals surface area contributed by atoms with Gasteiger partial charge >= 0.3 is 6.18 Å². The van der Waals surface area contributed by atoms with Gasteiger partial charge in [-0.25, -0.2) is 9.37 Å². The average molecular weight is 423 g/mol. The van der Waals surface area contributed by atoms with Gasteiger partial charge in [-0.1, -0.05) is 19.1 Å². The molecule has 158 valence electrons. The normalized spacial score (nSPS) is 19.6. The molecule has 5 nitrogen and oxygen atoms in total. The molecule has 30 heavy (non-hydrogen) atoms. The molecule has 0 saturated heterocycles. The van der Waals surface area contributed by atoms with Gasteiger partial charge in [0.15, 0.2) is 23.2 Å². The Hall–Kier alpha value is -3.10. The van der Waals surface area contributed by atoms with E-state index in [1.54, 1.807) is 19.1 Å². The van der Waals surface area contributed by atoms with Crippen molar-refractivity contribution in [2.24, 2.45) is 5.92 Å². The second kappa shape index (κ2) is 8.33. The van der Waals surface area contributed by atoms with Crippen molar-refractivity contribution in [2.75, 3.05) is 0 Å². The zero-order valence-corrected chi connectivity index (χ0v) is 15.8.